The average molecular weight is 375 g/mol. The number of anilines is 2. The number of nitrogens with zero attached hydrogens (tertiary/aromatic N) is 4. The van der Waals surface area contributed by atoms with Gasteiger partial charge in [-0.25, -0.2) is 4.98 Å². The minimum atomic E-state index is 0.254. The summed E-state index contributed by atoms with van der Waals surface area (Å²) >= 11 is 0. The van der Waals surface area contributed by atoms with E-state index in [1.54, 1.807) is 7.11 Å². The van der Waals surface area contributed by atoms with Crippen LogP contribution in [-0.2, 0) is 6.54 Å². The Labute approximate surface area is 163 Å². The molecule has 142 valence electrons. The Kier molecular flexibility index (Phi) is 5.17. The molecule has 1 fully saturated rings. The van der Waals surface area contributed by atoms with Crippen LogP contribution in [0.4, 0.5) is 17.5 Å². The van der Waals surface area contributed by atoms with Crippen LogP contribution in [0.5, 0.6) is 5.75 Å². The standard InChI is InChI=1S/C20H21N7O/c1-21-19-11-24-20(12-23-19)25-18-8-16(26-27-18)15-6-5-14(7-17(15)28-2)10-22-9-13-3-4-13/h5-8,11-13,22H,3-4,9-10H2,2H3,(H2,24,25,26,27). The van der Waals surface area contributed by atoms with Crippen LogP contribution in [0.25, 0.3) is 16.1 Å². The first-order chi connectivity index (χ1) is 13.7. The molecule has 1 aliphatic carbocycles. The summed E-state index contributed by atoms with van der Waals surface area (Å²) in [6, 6.07) is 8.07. The number of aromatic amines is 1. The predicted octanol–water partition coefficient (Wildman–Crippen LogP) is 3.67. The van der Waals surface area contributed by atoms with Crippen LogP contribution in [0.3, 0.4) is 0 Å². The third-order valence-corrected chi connectivity index (χ3v) is 4.60. The molecule has 8 heteroatoms. The van der Waals surface area contributed by atoms with Gasteiger partial charge >= 0.3 is 0 Å². The lowest BCUT2D eigenvalue weighted by Crippen LogP contribution is -2.16. The molecule has 0 aliphatic heterocycles. The SMILES string of the molecule is [C-]#[N+]c1cnc(Nc2cc(-c3ccc(CNCC4CC4)cc3OC)[nH]n2)cn1. The van der Waals surface area contributed by atoms with Crippen molar-refractivity contribution in [1.82, 2.24) is 25.5 Å². The molecule has 3 N–H and O–H groups in total. The molecule has 8 nitrogen and oxygen atoms in total. The molecule has 0 spiro atoms. The first-order valence-electron chi connectivity index (χ1n) is 9.15. The fourth-order valence-electron chi connectivity index (χ4n) is 2.91. The number of aromatic nitrogens is 4. The first-order valence-corrected chi connectivity index (χ1v) is 9.15. The lowest BCUT2D eigenvalue weighted by Gasteiger charge is -2.10. The minimum absolute atomic E-state index is 0.254. The number of rotatable bonds is 8. The van der Waals surface area contributed by atoms with E-state index in [1.807, 2.05) is 12.1 Å². The summed E-state index contributed by atoms with van der Waals surface area (Å²) in [6.45, 7) is 8.83. The quantitative estimate of drug-likeness (QED) is 0.520. The Morgan fingerprint density at radius 1 is 1.21 bits per heavy atom. The minimum Gasteiger partial charge on any atom is -0.496 e. The van der Waals surface area contributed by atoms with Gasteiger partial charge in [0, 0.05) is 18.2 Å². The zero-order chi connectivity index (χ0) is 19.3. The van der Waals surface area contributed by atoms with Crippen LogP contribution in [0, 0.1) is 12.5 Å². The summed E-state index contributed by atoms with van der Waals surface area (Å²) < 4.78 is 5.59. The summed E-state index contributed by atoms with van der Waals surface area (Å²) in [5.74, 6) is 3.04. The van der Waals surface area contributed by atoms with Gasteiger partial charge in [-0.05, 0) is 43.0 Å². The molecule has 1 saturated carbocycles. The molecule has 0 saturated heterocycles. The zero-order valence-corrected chi connectivity index (χ0v) is 15.6. The second kappa shape index (κ2) is 8.06. The Balaban J connectivity index is 1.46. The molecule has 1 aliphatic rings. The van der Waals surface area contributed by atoms with Crippen molar-refractivity contribution in [3.05, 3.63) is 53.6 Å². The van der Waals surface area contributed by atoms with Crippen LogP contribution in [0.2, 0.25) is 0 Å². The molecule has 0 radical (unpaired) electrons. The zero-order valence-electron chi connectivity index (χ0n) is 15.6. The highest BCUT2D eigenvalue weighted by Gasteiger charge is 2.20. The summed E-state index contributed by atoms with van der Waals surface area (Å²) in [6.07, 6.45) is 5.62. The van der Waals surface area contributed by atoms with Crippen molar-refractivity contribution in [1.29, 1.82) is 0 Å². The lowest BCUT2D eigenvalue weighted by atomic mass is 10.1. The largest absolute Gasteiger partial charge is 0.496 e. The number of benzene rings is 1. The van der Waals surface area contributed by atoms with Crippen molar-refractivity contribution in [3.63, 3.8) is 0 Å². The molecule has 0 unspecified atom stereocenters. The van der Waals surface area contributed by atoms with E-state index in [0.29, 0.717) is 11.6 Å². The van der Waals surface area contributed by atoms with Crippen molar-refractivity contribution >= 4 is 17.5 Å². The van der Waals surface area contributed by atoms with E-state index in [0.717, 1.165) is 36.0 Å². The number of H-pyrrole nitrogens is 1. The predicted molar refractivity (Wildman–Crippen MR) is 107 cm³/mol. The smallest absolute Gasteiger partial charge is 0.288 e. The van der Waals surface area contributed by atoms with Crippen molar-refractivity contribution in [2.75, 3.05) is 19.0 Å². The van der Waals surface area contributed by atoms with E-state index in [1.165, 1.54) is 30.8 Å². The molecule has 1 aromatic carbocycles. The van der Waals surface area contributed by atoms with Gasteiger partial charge in [0.1, 0.15) is 5.75 Å². The second-order valence-electron chi connectivity index (χ2n) is 6.77. The van der Waals surface area contributed by atoms with Crippen LogP contribution in [-0.4, -0.2) is 33.8 Å². The molecule has 0 amide bonds. The van der Waals surface area contributed by atoms with Gasteiger partial charge in [-0.3, -0.25) is 5.10 Å². The summed E-state index contributed by atoms with van der Waals surface area (Å²) in [7, 11) is 1.67. The van der Waals surface area contributed by atoms with Crippen molar-refractivity contribution in [2.45, 2.75) is 19.4 Å². The molecule has 28 heavy (non-hydrogen) atoms. The Morgan fingerprint density at radius 3 is 2.82 bits per heavy atom. The summed E-state index contributed by atoms with van der Waals surface area (Å²) in [4.78, 5) is 11.4. The number of methoxy groups -OCH3 is 1. The molecular weight excluding hydrogens is 354 g/mol. The molecular formula is C20H21N7O. The van der Waals surface area contributed by atoms with Crippen molar-refractivity contribution < 1.29 is 4.74 Å². The first kappa shape index (κ1) is 17.9. The number of nitrogens with one attached hydrogen (secondary N) is 3. The van der Waals surface area contributed by atoms with Gasteiger partial charge in [-0.15, -0.1) is 4.98 Å². The van der Waals surface area contributed by atoms with Gasteiger partial charge in [0.05, 0.1) is 19.0 Å². The van der Waals surface area contributed by atoms with E-state index in [2.05, 4.69) is 47.8 Å². The Hall–Kier alpha value is -3.44. The highest BCUT2D eigenvalue weighted by Crippen LogP contribution is 2.31. The Bertz CT molecular complexity index is 987. The Morgan fingerprint density at radius 2 is 2.11 bits per heavy atom. The third kappa shape index (κ3) is 4.27. The lowest BCUT2D eigenvalue weighted by molar-refractivity contribution is 0.415. The topological polar surface area (TPSA) is 92.1 Å². The van der Waals surface area contributed by atoms with Gasteiger partial charge in [0.2, 0.25) is 0 Å². The molecule has 3 aromatic rings. The molecule has 4 rings (SSSR count). The van der Waals surface area contributed by atoms with Crippen LogP contribution in [0.15, 0.2) is 36.7 Å². The highest BCUT2D eigenvalue weighted by atomic mass is 16.5. The van der Waals surface area contributed by atoms with E-state index in [-0.39, 0.29) is 5.82 Å². The number of hydrogen-bond acceptors (Lipinski definition) is 6. The molecule has 2 aromatic heterocycles. The maximum absolute atomic E-state index is 6.91. The van der Waals surface area contributed by atoms with E-state index < -0.39 is 0 Å². The maximum Gasteiger partial charge on any atom is 0.288 e. The fraction of sp³-hybridized carbons (Fsp3) is 0.300. The van der Waals surface area contributed by atoms with E-state index in [4.69, 9.17) is 11.3 Å². The molecule has 2 heterocycles. The fourth-order valence-corrected chi connectivity index (χ4v) is 2.91. The summed E-state index contributed by atoms with van der Waals surface area (Å²) in [5, 5.41) is 13.9. The van der Waals surface area contributed by atoms with E-state index >= 15 is 0 Å². The number of hydrogen-bond donors (Lipinski definition) is 3. The molecule has 0 atom stereocenters. The normalized spacial score (nSPS) is 13.1. The summed E-state index contributed by atoms with van der Waals surface area (Å²) in [5.41, 5.74) is 2.96. The van der Waals surface area contributed by atoms with E-state index in [9.17, 15) is 0 Å². The monoisotopic (exact) mass is 375 g/mol. The second-order valence-corrected chi connectivity index (χ2v) is 6.77. The number of ether oxygens (including phenoxy) is 1. The van der Waals surface area contributed by atoms with Gasteiger partial charge in [-0.2, -0.15) is 5.10 Å². The third-order valence-electron chi connectivity index (χ3n) is 4.60. The van der Waals surface area contributed by atoms with Crippen LogP contribution in [0.1, 0.15) is 18.4 Å². The highest BCUT2D eigenvalue weighted by molar-refractivity contribution is 5.71. The van der Waals surface area contributed by atoms with Gasteiger partial charge < -0.3 is 20.2 Å². The van der Waals surface area contributed by atoms with Crippen molar-refractivity contribution in [3.8, 4) is 17.0 Å². The van der Waals surface area contributed by atoms with Crippen LogP contribution >= 0.6 is 0 Å². The van der Waals surface area contributed by atoms with Crippen LogP contribution < -0.4 is 15.4 Å². The van der Waals surface area contributed by atoms with Gasteiger partial charge in [0.25, 0.3) is 5.82 Å². The molecule has 0 bridgehead atoms. The average Bonchev–Trinajstić information content (AvgIpc) is 3.45. The van der Waals surface area contributed by atoms with Crippen molar-refractivity contribution in [2.24, 2.45) is 5.92 Å². The maximum atomic E-state index is 6.91. The van der Waals surface area contributed by atoms with Gasteiger partial charge in [0.15, 0.2) is 17.8 Å². The van der Waals surface area contributed by atoms with Gasteiger partial charge in [-0.1, -0.05) is 12.6 Å².